The van der Waals surface area contributed by atoms with E-state index in [2.05, 4.69) is 34.2 Å². The van der Waals surface area contributed by atoms with Crippen LogP contribution in [0.25, 0.3) is 33.3 Å². The van der Waals surface area contributed by atoms with E-state index < -0.39 is 0 Å². The van der Waals surface area contributed by atoms with Gasteiger partial charge in [0.1, 0.15) is 0 Å². The molecule has 0 spiro atoms. The number of rotatable bonds is 5. The molecule has 6 heteroatoms. The SMILES string of the molecule is COc1c[c-]c(-c2cc(CO)ccn2)c(CO)c1.[Ir].[c-]1ccccc1-c1nccc2ccccc12. The van der Waals surface area contributed by atoms with E-state index in [-0.39, 0.29) is 33.3 Å². The molecule has 0 unspecified atom stereocenters. The van der Waals surface area contributed by atoms with Gasteiger partial charge in [-0.15, -0.1) is 53.6 Å². The fourth-order valence-corrected chi connectivity index (χ4v) is 3.59. The number of aliphatic hydroxyl groups excluding tert-OH is 2. The van der Waals surface area contributed by atoms with Crippen molar-refractivity contribution >= 4 is 10.8 Å². The van der Waals surface area contributed by atoms with Crippen molar-refractivity contribution in [3.8, 4) is 28.3 Å². The Morgan fingerprint density at radius 1 is 0.857 bits per heavy atom. The van der Waals surface area contributed by atoms with Crippen molar-refractivity contribution in [3.05, 3.63) is 115 Å². The van der Waals surface area contributed by atoms with Gasteiger partial charge in [0.15, 0.2) is 0 Å². The topological polar surface area (TPSA) is 75.5 Å². The van der Waals surface area contributed by atoms with E-state index in [1.165, 1.54) is 10.8 Å². The summed E-state index contributed by atoms with van der Waals surface area (Å²) in [6, 6.07) is 31.5. The van der Waals surface area contributed by atoms with Crippen molar-refractivity contribution in [2.45, 2.75) is 13.2 Å². The van der Waals surface area contributed by atoms with Gasteiger partial charge in [-0.1, -0.05) is 42.0 Å². The van der Waals surface area contributed by atoms with Crippen LogP contribution in [0.3, 0.4) is 0 Å². The van der Waals surface area contributed by atoms with E-state index >= 15 is 0 Å². The van der Waals surface area contributed by atoms with Gasteiger partial charge in [-0.3, -0.25) is 0 Å². The third-order valence-corrected chi connectivity index (χ3v) is 5.30. The maximum Gasteiger partial charge on any atom is 0.0675 e. The number of nitrogens with zero attached hydrogens (tertiary/aromatic N) is 2. The molecule has 179 valence electrons. The normalized spacial score (nSPS) is 10.1. The summed E-state index contributed by atoms with van der Waals surface area (Å²) in [5.41, 5.74) is 4.89. The van der Waals surface area contributed by atoms with Gasteiger partial charge in [0, 0.05) is 44.9 Å². The number of pyridine rings is 2. The Hall–Kier alpha value is -3.41. The third-order valence-electron chi connectivity index (χ3n) is 5.30. The summed E-state index contributed by atoms with van der Waals surface area (Å²) in [6.07, 6.45) is 3.47. The van der Waals surface area contributed by atoms with Crippen LogP contribution in [-0.2, 0) is 33.3 Å². The van der Waals surface area contributed by atoms with Gasteiger partial charge >= 0.3 is 0 Å². The number of aromatic nitrogens is 2. The predicted octanol–water partition coefficient (Wildman–Crippen LogP) is 5.24. The summed E-state index contributed by atoms with van der Waals surface area (Å²) in [7, 11) is 1.56. The molecule has 2 heterocycles. The fourth-order valence-electron chi connectivity index (χ4n) is 3.59. The first-order chi connectivity index (χ1) is 16.7. The number of ether oxygens (including phenoxy) is 1. The maximum absolute atomic E-state index is 9.37. The molecule has 35 heavy (non-hydrogen) atoms. The Balaban J connectivity index is 0.000000191. The number of benzene rings is 3. The molecule has 0 aliphatic heterocycles. The second-order valence-electron chi connectivity index (χ2n) is 7.46. The first-order valence-corrected chi connectivity index (χ1v) is 10.8. The van der Waals surface area contributed by atoms with Gasteiger partial charge in [0.2, 0.25) is 0 Å². The number of hydrogen-bond donors (Lipinski definition) is 2. The third kappa shape index (κ3) is 6.38. The van der Waals surface area contributed by atoms with Gasteiger partial charge in [-0.2, -0.15) is 0 Å². The predicted molar refractivity (Wildman–Crippen MR) is 133 cm³/mol. The molecule has 1 radical (unpaired) electrons. The molecule has 5 aromatic rings. The van der Waals surface area contributed by atoms with Crippen LogP contribution in [0.4, 0.5) is 0 Å². The van der Waals surface area contributed by atoms with E-state index in [4.69, 9.17) is 9.84 Å². The first kappa shape index (κ1) is 26.2. The number of aliphatic hydroxyl groups is 2. The van der Waals surface area contributed by atoms with E-state index in [1.54, 1.807) is 37.6 Å². The zero-order valence-corrected chi connectivity index (χ0v) is 21.5. The van der Waals surface area contributed by atoms with E-state index in [1.807, 2.05) is 48.7 Å². The Morgan fingerprint density at radius 2 is 1.66 bits per heavy atom. The summed E-state index contributed by atoms with van der Waals surface area (Å²) in [5, 5.41) is 20.9. The molecule has 0 saturated heterocycles. The molecule has 0 aliphatic carbocycles. The summed E-state index contributed by atoms with van der Waals surface area (Å²) in [4.78, 5) is 8.67. The van der Waals surface area contributed by atoms with Crippen LogP contribution in [0.2, 0.25) is 0 Å². The van der Waals surface area contributed by atoms with Crippen LogP contribution in [0.15, 0.2) is 91.3 Å². The first-order valence-electron chi connectivity index (χ1n) is 10.8. The van der Waals surface area contributed by atoms with Crippen molar-refractivity contribution in [1.29, 1.82) is 0 Å². The summed E-state index contributed by atoms with van der Waals surface area (Å²) in [5.74, 6) is 0.640. The van der Waals surface area contributed by atoms with Gasteiger partial charge in [-0.05, 0) is 39.9 Å². The number of methoxy groups -OCH3 is 1. The van der Waals surface area contributed by atoms with E-state index in [0.717, 1.165) is 16.8 Å². The smallest absolute Gasteiger partial charge is 0.0675 e. The van der Waals surface area contributed by atoms with Crippen LogP contribution >= 0.6 is 0 Å². The van der Waals surface area contributed by atoms with E-state index in [9.17, 15) is 5.11 Å². The van der Waals surface area contributed by atoms with Crippen LogP contribution in [0.5, 0.6) is 5.75 Å². The minimum Gasteiger partial charge on any atom is -0.540 e. The van der Waals surface area contributed by atoms with Crippen molar-refractivity contribution in [3.63, 3.8) is 0 Å². The molecule has 5 nitrogen and oxygen atoms in total. The minimum atomic E-state index is -0.117. The largest absolute Gasteiger partial charge is 0.540 e. The average Bonchev–Trinajstić information content (AvgIpc) is 2.93. The number of fused-ring (bicyclic) bond motifs is 1. The molecule has 0 fully saturated rings. The molecule has 0 aliphatic rings. The second kappa shape index (κ2) is 12.9. The zero-order chi connectivity index (χ0) is 23.8. The maximum atomic E-state index is 9.37. The molecule has 2 N–H and O–H groups in total. The molecular weight excluding hydrogens is 617 g/mol. The zero-order valence-electron chi connectivity index (χ0n) is 19.1. The Bertz CT molecular complexity index is 1370. The molecular formula is C29H24IrN2O3-2. The van der Waals surface area contributed by atoms with Gasteiger partial charge < -0.3 is 24.9 Å². The van der Waals surface area contributed by atoms with Crippen molar-refractivity contribution < 1.29 is 35.1 Å². The van der Waals surface area contributed by atoms with Gasteiger partial charge in [0.05, 0.1) is 13.7 Å². The van der Waals surface area contributed by atoms with Crippen LogP contribution in [0, 0.1) is 12.1 Å². The molecule has 0 bridgehead atoms. The van der Waals surface area contributed by atoms with Crippen molar-refractivity contribution in [2.75, 3.05) is 7.11 Å². The molecule has 0 saturated carbocycles. The summed E-state index contributed by atoms with van der Waals surface area (Å²) >= 11 is 0. The van der Waals surface area contributed by atoms with E-state index in [0.29, 0.717) is 22.6 Å². The van der Waals surface area contributed by atoms with Crippen LogP contribution in [0.1, 0.15) is 11.1 Å². The molecule has 3 aromatic carbocycles. The fraction of sp³-hybridized carbons (Fsp3) is 0.103. The monoisotopic (exact) mass is 641 g/mol. The van der Waals surface area contributed by atoms with Crippen molar-refractivity contribution in [1.82, 2.24) is 9.97 Å². The Kier molecular flexibility index (Phi) is 9.65. The quantitative estimate of drug-likeness (QED) is 0.257. The second-order valence-corrected chi connectivity index (χ2v) is 7.46. The number of hydrogen-bond acceptors (Lipinski definition) is 5. The summed E-state index contributed by atoms with van der Waals surface area (Å²) in [6.45, 7) is -0.159. The summed E-state index contributed by atoms with van der Waals surface area (Å²) < 4.78 is 5.09. The standard InChI is InChI=1S/C15H10N.C14H14NO3.Ir/c1-2-7-13(8-3-1)15-14-9-5-4-6-12(14)10-11-16-15;1-18-12-2-3-13(11(7-12)9-17)14-6-10(8-16)4-5-15-14;/h1-7,9-11H;2,4-7,16-17H,8-9H2,1H3;/q2*-1;. The van der Waals surface area contributed by atoms with Gasteiger partial charge in [-0.25, -0.2) is 0 Å². The van der Waals surface area contributed by atoms with Crippen LogP contribution < -0.4 is 4.74 Å². The minimum absolute atomic E-state index is 0. The molecule has 0 amide bonds. The average molecular weight is 641 g/mol. The van der Waals surface area contributed by atoms with Crippen LogP contribution in [-0.4, -0.2) is 27.3 Å². The molecule has 5 rings (SSSR count). The Labute approximate surface area is 218 Å². The van der Waals surface area contributed by atoms with Crippen molar-refractivity contribution in [2.24, 2.45) is 0 Å². The van der Waals surface area contributed by atoms with Gasteiger partial charge in [0.25, 0.3) is 0 Å². The Morgan fingerprint density at radius 3 is 2.40 bits per heavy atom. The molecule has 0 atom stereocenters. The molecule has 2 aromatic heterocycles.